The molecule has 4 unspecified atom stereocenters. The van der Waals surface area contributed by atoms with Crippen LogP contribution in [0.5, 0.6) is 0 Å². The van der Waals surface area contributed by atoms with Gasteiger partial charge in [0, 0.05) is 55.0 Å². The van der Waals surface area contributed by atoms with Gasteiger partial charge < -0.3 is 25.2 Å². The largest absolute Gasteiger partial charge is 0.453 e. The highest BCUT2D eigenvalue weighted by molar-refractivity contribution is 6.30. The van der Waals surface area contributed by atoms with Crippen LogP contribution >= 0.6 is 11.6 Å². The van der Waals surface area contributed by atoms with Crippen LogP contribution < -0.4 is 5.32 Å². The van der Waals surface area contributed by atoms with E-state index in [9.17, 15) is 19.8 Å². The monoisotopic (exact) mass is 592 g/mol. The van der Waals surface area contributed by atoms with Crippen molar-refractivity contribution in [2.45, 2.75) is 88.5 Å². The van der Waals surface area contributed by atoms with Crippen LogP contribution in [0, 0.1) is 30.6 Å². The predicted molar refractivity (Wildman–Crippen MR) is 165 cm³/mol. The first kappa shape index (κ1) is 33.0. The number of rotatable bonds is 2. The summed E-state index contributed by atoms with van der Waals surface area (Å²) in [4.78, 5) is 24.3. The van der Waals surface area contributed by atoms with Crippen molar-refractivity contribution in [2.24, 2.45) is 0 Å². The molecule has 7 nitrogen and oxygen atoms in total. The molecular formula is C34H41ClN2O5. The van der Waals surface area contributed by atoms with Crippen LogP contribution in [-0.4, -0.2) is 64.6 Å². The van der Waals surface area contributed by atoms with Crippen molar-refractivity contribution in [3.05, 3.63) is 70.2 Å². The third kappa shape index (κ3) is 10.4. The van der Waals surface area contributed by atoms with Gasteiger partial charge in [-0.15, -0.1) is 0 Å². The van der Waals surface area contributed by atoms with Gasteiger partial charge in [0.2, 0.25) is 5.91 Å². The van der Waals surface area contributed by atoms with E-state index in [2.05, 4.69) is 29.0 Å². The van der Waals surface area contributed by atoms with Crippen molar-refractivity contribution in [3.8, 4) is 23.7 Å². The van der Waals surface area contributed by atoms with E-state index in [1.807, 2.05) is 43.3 Å². The Morgan fingerprint density at radius 2 is 1.57 bits per heavy atom. The summed E-state index contributed by atoms with van der Waals surface area (Å²) in [5.41, 5.74) is 0.760. The molecule has 0 saturated heterocycles. The molecule has 42 heavy (non-hydrogen) atoms. The minimum Gasteiger partial charge on any atom is -0.453 e. The maximum absolute atomic E-state index is 11.6. The van der Waals surface area contributed by atoms with Crippen molar-refractivity contribution in [1.29, 1.82) is 0 Å². The zero-order valence-corrected chi connectivity index (χ0v) is 25.6. The van der Waals surface area contributed by atoms with Gasteiger partial charge >= 0.3 is 6.09 Å². The van der Waals surface area contributed by atoms with Crippen molar-refractivity contribution < 1.29 is 24.5 Å². The molecule has 2 amide bonds. The van der Waals surface area contributed by atoms with E-state index >= 15 is 0 Å². The number of hydrogen-bond acceptors (Lipinski definition) is 5. The molecule has 0 radical (unpaired) electrons. The van der Waals surface area contributed by atoms with E-state index in [1.54, 1.807) is 19.2 Å². The van der Waals surface area contributed by atoms with Crippen molar-refractivity contribution in [1.82, 2.24) is 10.2 Å². The highest BCUT2D eigenvalue weighted by Gasteiger charge is 2.36. The average molecular weight is 593 g/mol. The zero-order valence-electron chi connectivity index (χ0n) is 24.9. The lowest BCUT2D eigenvalue weighted by Crippen LogP contribution is -2.46. The summed E-state index contributed by atoms with van der Waals surface area (Å²) in [6, 6.07) is 15.1. The third-order valence-electron chi connectivity index (χ3n) is 7.57. The number of carbonyl (C=O) groups is 2. The normalized spacial score (nSPS) is 24.7. The molecular weight excluding hydrogens is 552 g/mol. The molecule has 2 fully saturated rings. The molecule has 0 spiro atoms. The number of halogens is 1. The molecule has 224 valence electrons. The zero-order chi connectivity index (χ0) is 30.8. The number of amides is 2. The number of nitrogens with zero attached hydrogens (tertiary/aromatic N) is 1. The number of hydrogen-bond donors (Lipinski definition) is 3. The van der Waals surface area contributed by atoms with Crippen molar-refractivity contribution in [3.63, 3.8) is 0 Å². The van der Waals surface area contributed by atoms with E-state index in [4.69, 9.17) is 16.3 Å². The number of methoxy groups -OCH3 is 1. The van der Waals surface area contributed by atoms with Gasteiger partial charge in [0.05, 0.1) is 7.11 Å². The lowest BCUT2D eigenvalue weighted by Gasteiger charge is -2.37. The molecule has 2 aromatic carbocycles. The second kappa shape index (κ2) is 15.1. The summed E-state index contributed by atoms with van der Waals surface area (Å²) in [6.45, 7) is 3.53. The first-order valence-corrected chi connectivity index (χ1v) is 14.7. The SMILES string of the molecule is CC(=O)NC1CCCC(O)(C#Cc2cccc(C)c2)C1.COC(=O)N(C)C1CCCC(O)(C#Cc2cccc(Cl)c2)C1. The first-order chi connectivity index (χ1) is 19.9. The first-order valence-electron chi connectivity index (χ1n) is 14.3. The van der Waals surface area contributed by atoms with Crippen LogP contribution in [0.15, 0.2) is 48.5 Å². The number of aryl methyl sites for hydroxylation is 1. The molecule has 2 aliphatic carbocycles. The molecule has 0 aliphatic heterocycles. The van der Waals surface area contributed by atoms with Crippen molar-refractivity contribution >= 4 is 23.6 Å². The van der Waals surface area contributed by atoms with Gasteiger partial charge in [0.25, 0.3) is 0 Å². The maximum atomic E-state index is 11.6. The second-order valence-corrected chi connectivity index (χ2v) is 11.7. The Bertz CT molecular complexity index is 1370. The van der Waals surface area contributed by atoms with Gasteiger partial charge in [0.15, 0.2) is 0 Å². The number of ether oxygens (including phenoxy) is 1. The molecule has 8 heteroatoms. The van der Waals surface area contributed by atoms with Crippen LogP contribution in [0.1, 0.15) is 75.0 Å². The summed E-state index contributed by atoms with van der Waals surface area (Å²) in [5.74, 6) is 11.9. The second-order valence-electron chi connectivity index (χ2n) is 11.3. The smallest absolute Gasteiger partial charge is 0.409 e. The van der Waals surface area contributed by atoms with Gasteiger partial charge in [-0.1, -0.05) is 53.5 Å². The summed E-state index contributed by atoms with van der Waals surface area (Å²) < 4.78 is 4.73. The fraction of sp³-hybridized carbons (Fsp3) is 0.471. The van der Waals surface area contributed by atoms with E-state index < -0.39 is 17.3 Å². The number of benzene rings is 2. The topological polar surface area (TPSA) is 99.1 Å². The summed E-state index contributed by atoms with van der Waals surface area (Å²) in [5, 5.41) is 24.7. The summed E-state index contributed by atoms with van der Waals surface area (Å²) >= 11 is 5.93. The third-order valence-corrected chi connectivity index (χ3v) is 7.80. The molecule has 0 aromatic heterocycles. The number of nitrogens with one attached hydrogen (secondary N) is 1. The van der Waals surface area contributed by atoms with Gasteiger partial charge in [0.1, 0.15) is 11.2 Å². The molecule has 3 N–H and O–H groups in total. The van der Waals surface area contributed by atoms with E-state index in [1.165, 1.54) is 18.9 Å². The minimum absolute atomic E-state index is 0.0260. The van der Waals surface area contributed by atoms with Gasteiger partial charge in [-0.05, 0) is 81.3 Å². The molecule has 0 heterocycles. The summed E-state index contributed by atoms with van der Waals surface area (Å²) in [7, 11) is 3.04. The highest BCUT2D eigenvalue weighted by atomic mass is 35.5. The molecule has 0 bridgehead atoms. The lowest BCUT2D eigenvalue weighted by atomic mass is 9.81. The summed E-state index contributed by atoms with van der Waals surface area (Å²) in [6.07, 6.45) is 5.25. The van der Waals surface area contributed by atoms with E-state index in [-0.39, 0.29) is 18.0 Å². The Morgan fingerprint density at radius 1 is 0.976 bits per heavy atom. The molecule has 2 aromatic rings. The highest BCUT2D eigenvalue weighted by Crippen LogP contribution is 2.31. The van der Waals surface area contributed by atoms with Crippen LogP contribution in [0.3, 0.4) is 0 Å². The van der Waals surface area contributed by atoms with Gasteiger partial charge in [-0.3, -0.25) is 4.79 Å². The van der Waals surface area contributed by atoms with Gasteiger partial charge in [-0.2, -0.15) is 0 Å². The molecule has 4 atom stereocenters. The van der Waals surface area contributed by atoms with Crippen LogP contribution in [0.4, 0.5) is 4.79 Å². The minimum atomic E-state index is -1.09. The quantitative estimate of drug-likeness (QED) is 0.415. The van der Waals surface area contributed by atoms with Crippen LogP contribution in [0.25, 0.3) is 0 Å². The molecule has 4 rings (SSSR count). The van der Waals surface area contributed by atoms with E-state index in [0.717, 1.165) is 42.4 Å². The fourth-order valence-electron chi connectivity index (χ4n) is 5.40. The number of aliphatic hydroxyl groups is 2. The number of carbonyl (C=O) groups excluding carboxylic acids is 2. The molecule has 2 saturated carbocycles. The van der Waals surface area contributed by atoms with Crippen molar-refractivity contribution in [2.75, 3.05) is 14.2 Å². The maximum Gasteiger partial charge on any atom is 0.409 e. The Balaban J connectivity index is 0.000000231. The Kier molecular flexibility index (Phi) is 11.9. The van der Waals surface area contributed by atoms with Crippen LogP contribution in [-0.2, 0) is 9.53 Å². The Labute approximate surface area is 254 Å². The molecule has 2 aliphatic rings. The Morgan fingerprint density at radius 3 is 2.17 bits per heavy atom. The average Bonchev–Trinajstić information content (AvgIpc) is 2.94. The fourth-order valence-corrected chi connectivity index (χ4v) is 5.59. The predicted octanol–water partition coefficient (Wildman–Crippen LogP) is 5.22. The van der Waals surface area contributed by atoms with Crippen LogP contribution in [0.2, 0.25) is 5.02 Å². The standard InChI is InChI=1S/C17H20ClNO3.C17H21NO2/c1-19(16(20)22-2)15-7-4-9-17(21,12-15)10-8-13-5-3-6-14(18)11-13;1-13-5-3-6-15(11-13)8-10-17(20)9-4-7-16(12-17)18-14(2)19/h3,5-6,11,15,21H,4,7,9,12H2,1-2H3;3,5-6,11,16,20H,4,7,9,12H2,1-2H3,(H,18,19). The Hall–Kier alpha value is -3.49. The van der Waals surface area contributed by atoms with Gasteiger partial charge in [-0.25, -0.2) is 4.79 Å². The lowest BCUT2D eigenvalue weighted by molar-refractivity contribution is -0.120. The van der Waals surface area contributed by atoms with E-state index in [0.29, 0.717) is 30.7 Å².